The van der Waals surface area contributed by atoms with E-state index in [1.165, 1.54) is 18.2 Å². The molecule has 0 radical (unpaired) electrons. The number of aromatic hydroxyl groups is 1. The van der Waals surface area contributed by atoms with E-state index in [-0.39, 0.29) is 41.0 Å². The number of hydrogen-bond donors (Lipinski definition) is 1. The maximum atomic E-state index is 13.8. The average molecular weight is 566 g/mol. The highest BCUT2D eigenvalue weighted by molar-refractivity contribution is 6.22. The molecule has 1 aromatic heterocycles. The second kappa shape index (κ2) is 11.3. The third-order valence-electron chi connectivity index (χ3n) is 8.64. The fraction of sp³-hybridized carbons (Fsp3) is 0.303. The zero-order chi connectivity index (χ0) is 29.4. The second-order valence-electron chi connectivity index (χ2n) is 11.0. The maximum absolute atomic E-state index is 13.8. The Kier molecular flexibility index (Phi) is 7.43. The summed E-state index contributed by atoms with van der Waals surface area (Å²) in [5, 5.41) is 21.0. The van der Waals surface area contributed by atoms with Gasteiger partial charge in [0.05, 0.1) is 40.9 Å². The molecule has 9 heteroatoms. The molecule has 9 nitrogen and oxygen atoms in total. The van der Waals surface area contributed by atoms with Gasteiger partial charge >= 0.3 is 0 Å². The van der Waals surface area contributed by atoms with Crippen LogP contribution in [-0.2, 0) is 14.3 Å². The van der Waals surface area contributed by atoms with Gasteiger partial charge in [0.15, 0.2) is 0 Å². The van der Waals surface area contributed by atoms with Gasteiger partial charge in [-0.2, -0.15) is 0 Å². The van der Waals surface area contributed by atoms with Gasteiger partial charge in [0.1, 0.15) is 5.75 Å². The third-order valence-corrected chi connectivity index (χ3v) is 8.64. The minimum Gasteiger partial charge on any atom is -0.508 e. The summed E-state index contributed by atoms with van der Waals surface area (Å²) >= 11 is 0. The molecular weight excluding hydrogens is 534 g/mol. The fourth-order valence-electron chi connectivity index (χ4n) is 6.70. The summed E-state index contributed by atoms with van der Waals surface area (Å²) in [6.07, 6.45) is 6.24. The van der Waals surface area contributed by atoms with Crippen molar-refractivity contribution in [2.45, 2.75) is 38.7 Å². The van der Waals surface area contributed by atoms with Crippen molar-refractivity contribution in [1.29, 1.82) is 0 Å². The standard InChI is InChI=1S/C33H31N3O6/c1-2-21-17-26-31(33(39)35(32(26)38)23-6-5-7-24(18-23)36(40)41)27-19-42-29(30(21)27)14-11-22(28-8-3-4-15-34-28)16-20-9-12-25(37)13-10-20/h3-10,12-13,15-16,18,26-27,29,31,37H,2,11,14,17,19H2,1H3/b22-16-/t26-,27+,29-,31-/m1/s1. The van der Waals surface area contributed by atoms with E-state index in [2.05, 4.69) is 18.0 Å². The number of carbonyl (C=O) groups excluding carboxylic acids is 2. The van der Waals surface area contributed by atoms with Gasteiger partial charge in [0.2, 0.25) is 11.8 Å². The Hall–Kier alpha value is -4.63. The van der Waals surface area contributed by atoms with E-state index < -0.39 is 16.8 Å². The molecule has 0 unspecified atom stereocenters. The smallest absolute Gasteiger partial charge is 0.271 e. The molecule has 0 saturated carbocycles. The second-order valence-corrected chi connectivity index (χ2v) is 11.0. The van der Waals surface area contributed by atoms with Gasteiger partial charge in [-0.25, -0.2) is 4.90 Å². The molecule has 2 saturated heterocycles. The van der Waals surface area contributed by atoms with Gasteiger partial charge in [0, 0.05) is 24.2 Å². The van der Waals surface area contributed by atoms with Crippen molar-refractivity contribution in [3.05, 3.63) is 105 Å². The Morgan fingerprint density at radius 2 is 1.90 bits per heavy atom. The van der Waals surface area contributed by atoms with Crippen molar-refractivity contribution in [1.82, 2.24) is 4.98 Å². The normalized spacial score (nSPS) is 23.7. The summed E-state index contributed by atoms with van der Waals surface area (Å²) in [5.74, 6) is -1.66. The summed E-state index contributed by atoms with van der Waals surface area (Å²) in [4.78, 5) is 43.9. The number of fused-ring (bicyclic) bond motifs is 3. The Labute approximate surface area is 243 Å². The van der Waals surface area contributed by atoms with E-state index in [1.54, 1.807) is 24.4 Å². The number of pyridine rings is 1. The molecule has 214 valence electrons. The first-order valence-corrected chi connectivity index (χ1v) is 14.2. The van der Waals surface area contributed by atoms with Crippen molar-refractivity contribution in [2.24, 2.45) is 17.8 Å². The molecule has 3 heterocycles. The van der Waals surface area contributed by atoms with Crippen LogP contribution in [0.5, 0.6) is 5.75 Å². The number of carbonyl (C=O) groups is 2. The lowest BCUT2D eigenvalue weighted by Gasteiger charge is -2.31. The number of aromatic nitrogens is 1. The molecule has 2 amide bonds. The van der Waals surface area contributed by atoms with Gasteiger partial charge in [-0.1, -0.05) is 36.8 Å². The molecule has 42 heavy (non-hydrogen) atoms. The predicted molar refractivity (Wildman–Crippen MR) is 157 cm³/mol. The first-order valence-electron chi connectivity index (χ1n) is 14.2. The Morgan fingerprint density at radius 3 is 2.62 bits per heavy atom. The van der Waals surface area contributed by atoms with Gasteiger partial charge < -0.3 is 9.84 Å². The molecule has 2 aliphatic heterocycles. The third kappa shape index (κ3) is 5.00. The van der Waals surface area contributed by atoms with Crippen LogP contribution in [0.2, 0.25) is 0 Å². The van der Waals surface area contributed by atoms with Gasteiger partial charge in [-0.15, -0.1) is 0 Å². The van der Waals surface area contributed by atoms with E-state index in [4.69, 9.17) is 4.74 Å². The van der Waals surface area contributed by atoms with Crippen LogP contribution in [0.25, 0.3) is 11.6 Å². The van der Waals surface area contributed by atoms with Crippen LogP contribution in [0.3, 0.4) is 0 Å². The molecule has 6 rings (SSSR count). The lowest BCUT2D eigenvalue weighted by molar-refractivity contribution is -0.384. The number of allylic oxidation sites excluding steroid dienone is 2. The van der Waals surface area contributed by atoms with Crippen molar-refractivity contribution < 1.29 is 24.4 Å². The van der Waals surface area contributed by atoms with Gasteiger partial charge in [-0.3, -0.25) is 24.7 Å². The SMILES string of the molecule is CCC1=C2[C@@H](CC/C(=C/c3ccc(O)cc3)c3ccccn3)OC[C@@H]2[C@@H]2C(=O)N(c3cccc([N+](=O)[O-])c3)C(=O)[C@@H]2C1. The van der Waals surface area contributed by atoms with E-state index in [0.29, 0.717) is 25.9 Å². The lowest BCUT2D eigenvalue weighted by Crippen LogP contribution is -2.34. The number of phenols is 1. The van der Waals surface area contributed by atoms with Crippen molar-refractivity contribution in [3.63, 3.8) is 0 Å². The number of anilines is 1. The summed E-state index contributed by atoms with van der Waals surface area (Å²) in [7, 11) is 0. The number of nitro groups is 1. The molecule has 2 aromatic carbocycles. The number of amides is 2. The quantitative estimate of drug-likeness (QED) is 0.155. The van der Waals surface area contributed by atoms with Crippen LogP contribution in [0.15, 0.2) is 84.1 Å². The number of hydrogen-bond acceptors (Lipinski definition) is 7. The van der Waals surface area contributed by atoms with Crippen LogP contribution in [0.4, 0.5) is 11.4 Å². The molecule has 3 aromatic rings. The highest BCUT2D eigenvalue weighted by Crippen LogP contribution is 2.51. The molecule has 1 N–H and O–H groups in total. The van der Waals surface area contributed by atoms with Crippen LogP contribution in [0.1, 0.15) is 43.9 Å². The average Bonchev–Trinajstić information content (AvgIpc) is 3.54. The molecule has 4 atom stereocenters. The minimum atomic E-state index is -0.546. The fourth-order valence-corrected chi connectivity index (χ4v) is 6.70. The number of nitrogens with zero attached hydrogens (tertiary/aromatic N) is 3. The maximum Gasteiger partial charge on any atom is 0.271 e. The number of rotatable bonds is 8. The number of imide groups is 1. The van der Waals surface area contributed by atoms with Crippen LogP contribution >= 0.6 is 0 Å². The number of nitro benzene ring substituents is 1. The van der Waals surface area contributed by atoms with Gasteiger partial charge in [0.25, 0.3) is 5.69 Å². The van der Waals surface area contributed by atoms with Gasteiger partial charge in [-0.05, 0) is 78.8 Å². The molecule has 3 aliphatic rings. The van der Waals surface area contributed by atoms with E-state index in [0.717, 1.165) is 39.3 Å². The highest BCUT2D eigenvalue weighted by atomic mass is 16.6. The van der Waals surface area contributed by atoms with Crippen molar-refractivity contribution >= 4 is 34.8 Å². The molecule has 2 fully saturated rings. The lowest BCUT2D eigenvalue weighted by atomic mass is 9.69. The monoisotopic (exact) mass is 565 g/mol. The van der Waals surface area contributed by atoms with E-state index in [1.807, 2.05) is 30.3 Å². The van der Waals surface area contributed by atoms with Crippen molar-refractivity contribution in [2.75, 3.05) is 11.5 Å². The Morgan fingerprint density at radius 1 is 1.10 bits per heavy atom. The zero-order valence-electron chi connectivity index (χ0n) is 23.2. The summed E-state index contributed by atoms with van der Waals surface area (Å²) < 4.78 is 6.36. The molecular formula is C33H31N3O6. The summed E-state index contributed by atoms with van der Waals surface area (Å²) in [6, 6.07) is 18.5. The largest absolute Gasteiger partial charge is 0.508 e. The van der Waals surface area contributed by atoms with E-state index >= 15 is 0 Å². The summed E-state index contributed by atoms with van der Waals surface area (Å²) in [6.45, 7) is 2.42. The minimum absolute atomic E-state index is 0.163. The predicted octanol–water partition coefficient (Wildman–Crippen LogP) is 5.95. The first kappa shape index (κ1) is 27.5. The highest BCUT2D eigenvalue weighted by Gasteiger charge is 2.57. The Bertz CT molecular complexity index is 1600. The number of phenolic OH excluding ortho intramolecular Hbond substituents is 1. The van der Waals surface area contributed by atoms with Crippen LogP contribution in [0, 0.1) is 27.9 Å². The first-order chi connectivity index (χ1) is 20.4. The summed E-state index contributed by atoms with van der Waals surface area (Å²) in [5.41, 5.74) is 5.21. The molecule has 1 aliphatic carbocycles. The zero-order valence-corrected chi connectivity index (χ0v) is 23.2. The molecule has 0 spiro atoms. The number of non-ortho nitro benzene ring substituents is 1. The Balaban J connectivity index is 1.26. The number of ether oxygens (including phenoxy) is 1. The van der Waals surface area contributed by atoms with Crippen LogP contribution < -0.4 is 4.90 Å². The van der Waals surface area contributed by atoms with E-state index in [9.17, 15) is 24.8 Å². The number of benzene rings is 2. The topological polar surface area (TPSA) is 123 Å². The molecule has 0 bridgehead atoms. The van der Waals surface area contributed by atoms with Crippen molar-refractivity contribution in [3.8, 4) is 5.75 Å². The van der Waals surface area contributed by atoms with Crippen LogP contribution in [-0.4, -0.2) is 39.5 Å².